The molecule has 0 radical (unpaired) electrons. The van der Waals surface area contributed by atoms with Gasteiger partial charge in [0.05, 0.1) is 13.2 Å². The van der Waals surface area contributed by atoms with Gasteiger partial charge in [-0.15, -0.1) is 24.8 Å². The Hall–Kier alpha value is -0.0700. The van der Waals surface area contributed by atoms with Crippen LogP contribution in [0, 0.1) is 0 Å². The lowest BCUT2D eigenvalue weighted by Crippen LogP contribution is -2.46. The van der Waals surface area contributed by atoms with Gasteiger partial charge in [-0.1, -0.05) is 0 Å². The largest absolute Gasteiger partial charge is 0.378 e. The molecule has 2 heterocycles. The van der Waals surface area contributed by atoms with Crippen LogP contribution < -0.4 is 5.32 Å². The minimum absolute atomic E-state index is 0. The van der Waals surface area contributed by atoms with Gasteiger partial charge in [0, 0.05) is 52.2 Å². The van der Waals surface area contributed by atoms with Crippen LogP contribution in [0.2, 0.25) is 0 Å². The smallest absolute Gasteiger partial charge is 0.224 e. The molecule has 18 heavy (non-hydrogen) atoms. The van der Waals surface area contributed by atoms with Crippen LogP contribution >= 0.6 is 24.8 Å². The fourth-order valence-corrected chi connectivity index (χ4v) is 2.16. The van der Waals surface area contributed by atoms with Crippen LogP contribution in [0.5, 0.6) is 0 Å². The van der Waals surface area contributed by atoms with Gasteiger partial charge in [0.2, 0.25) is 5.91 Å². The third-order valence-corrected chi connectivity index (χ3v) is 3.22. The summed E-state index contributed by atoms with van der Waals surface area (Å²) in [6.07, 6.45) is 0.653. The molecule has 2 rings (SSSR count). The highest BCUT2D eigenvalue weighted by Crippen LogP contribution is 2.02. The number of hydrogen-bond donors (Lipinski definition) is 1. The Kier molecular flexibility index (Phi) is 9.77. The Balaban J connectivity index is 0.00000144. The molecule has 1 amide bonds. The van der Waals surface area contributed by atoms with Crippen LogP contribution in [0.25, 0.3) is 0 Å². The van der Waals surface area contributed by atoms with Crippen molar-refractivity contribution in [3.05, 3.63) is 0 Å². The summed E-state index contributed by atoms with van der Waals surface area (Å²) >= 11 is 0. The Morgan fingerprint density at radius 1 is 1.06 bits per heavy atom. The summed E-state index contributed by atoms with van der Waals surface area (Å²) < 4.78 is 5.23. The first-order chi connectivity index (χ1) is 7.86. The second kappa shape index (κ2) is 9.81. The molecule has 7 heteroatoms. The highest BCUT2D eigenvalue weighted by molar-refractivity contribution is 5.85. The Morgan fingerprint density at radius 2 is 1.67 bits per heavy atom. The summed E-state index contributed by atoms with van der Waals surface area (Å²) in [5, 5.41) is 3.31. The molecular weight excluding hydrogens is 277 g/mol. The molecule has 0 atom stereocenters. The van der Waals surface area contributed by atoms with E-state index in [1.807, 2.05) is 4.90 Å². The van der Waals surface area contributed by atoms with E-state index in [1.54, 1.807) is 0 Å². The summed E-state index contributed by atoms with van der Waals surface area (Å²) in [6.45, 7) is 8.04. The lowest BCUT2D eigenvalue weighted by molar-refractivity contribution is -0.135. The molecule has 2 fully saturated rings. The number of amides is 1. The van der Waals surface area contributed by atoms with Gasteiger partial charge in [-0.25, -0.2) is 0 Å². The molecule has 108 valence electrons. The van der Waals surface area contributed by atoms with E-state index in [-0.39, 0.29) is 30.7 Å². The van der Waals surface area contributed by atoms with Crippen LogP contribution in [0.1, 0.15) is 6.42 Å². The van der Waals surface area contributed by atoms with E-state index >= 15 is 0 Å². The minimum Gasteiger partial charge on any atom is -0.378 e. The van der Waals surface area contributed by atoms with Gasteiger partial charge in [-0.05, 0) is 0 Å². The molecule has 2 aliphatic heterocycles. The maximum atomic E-state index is 11.9. The summed E-state index contributed by atoms with van der Waals surface area (Å²) in [5.74, 6) is 0.279. The van der Waals surface area contributed by atoms with E-state index in [0.29, 0.717) is 19.6 Å². The molecule has 0 bridgehead atoms. The maximum Gasteiger partial charge on any atom is 0.224 e. The van der Waals surface area contributed by atoms with Crippen molar-refractivity contribution >= 4 is 30.7 Å². The Morgan fingerprint density at radius 3 is 2.28 bits per heavy atom. The summed E-state index contributed by atoms with van der Waals surface area (Å²) in [4.78, 5) is 16.1. The zero-order valence-corrected chi connectivity index (χ0v) is 12.2. The minimum atomic E-state index is 0. The van der Waals surface area contributed by atoms with Gasteiger partial charge in [0.15, 0.2) is 0 Å². The first-order valence-corrected chi connectivity index (χ1v) is 6.15. The molecule has 0 aliphatic carbocycles. The quantitative estimate of drug-likeness (QED) is 0.796. The van der Waals surface area contributed by atoms with Gasteiger partial charge < -0.3 is 19.9 Å². The van der Waals surface area contributed by atoms with Crippen molar-refractivity contribution in [2.75, 3.05) is 59.0 Å². The zero-order chi connectivity index (χ0) is 11.2. The fraction of sp³-hybridized carbons (Fsp3) is 0.909. The topological polar surface area (TPSA) is 44.8 Å². The van der Waals surface area contributed by atoms with Crippen LogP contribution in [-0.2, 0) is 9.53 Å². The average molecular weight is 300 g/mol. The van der Waals surface area contributed by atoms with Gasteiger partial charge >= 0.3 is 0 Å². The van der Waals surface area contributed by atoms with E-state index in [9.17, 15) is 4.79 Å². The highest BCUT2D eigenvalue weighted by Gasteiger charge is 2.18. The molecule has 5 nitrogen and oxygen atoms in total. The number of nitrogens with one attached hydrogen (secondary N) is 1. The number of piperazine rings is 1. The van der Waals surface area contributed by atoms with Crippen molar-refractivity contribution in [2.45, 2.75) is 6.42 Å². The van der Waals surface area contributed by atoms with Crippen molar-refractivity contribution in [2.24, 2.45) is 0 Å². The van der Waals surface area contributed by atoms with E-state index in [2.05, 4.69) is 10.2 Å². The Bertz CT molecular complexity index is 232. The lowest BCUT2D eigenvalue weighted by Gasteiger charge is -2.30. The second-order valence-corrected chi connectivity index (χ2v) is 4.33. The number of nitrogens with zero attached hydrogens (tertiary/aromatic N) is 2. The van der Waals surface area contributed by atoms with Crippen LogP contribution in [-0.4, -0.2) is 74.7 Å². The molecule has 2 aliphatic rings. The first kappa shape index (κ1) is 17.9. The van der Waals surface area contributed by atoms with Crippen molar-refractivity contribution < 1.29 is 9.53 Å². The predicted octanol–water partition coefficient (Wildman–Crippen LogP) is -0.0159. The highest BCUT2D eigenvalue weighted by atomic mass is 35.5. The van der Waals surface area contributed by atoms with E-state index in [1.165, 1.54) is 0 Å². The third kappa shape index (κ3) is 5.71. The average Bonchev–Trinajstić information content (AvgIpc) is 2.38. The monoisotopic (exact) mass is 299 g/mol. The molecule has 0 unspecified atom stereocenters. The third-order valence-electron chi connectivity index (χ3n) is 3.22. The molecule has 0 aromatic heterocycles. The summed E-state index contributed by atoms with van der Waals surface area (Å²) in [6, 6.07) is 0. The van der Waals surface area contributed by atoms with Crippen LogP contribution in [0.15, 0.2) is 0 Å². The molecule has 0 aromatic rings. The van der Waals surface area contributed by atoms with Gasteiger partial charge in [-0.3, -0.25) is 4.79 Å². The number of ether oxygens (including phenoxy) is 1. The number of carbonyl (C=O) groups is 1. The van der Waals surface area contributed by atoms with Crippen molar-refractivity contribution in [3.63, 3.8) is 0 Å². The maximum absolute atomic E-state index is 11.9. The molecule has 0 aromatic carbocycles. The van der Waals surface area contributed by atoms with Gasteiger partial charge in [0.1, 0.15) is 0 Å². The predicted molar refractivity (Wildman–Crippen MR) is 75.8 cm³/mol. The van der Waals surface area contributed by atoms with Gasteiger partial charge in [0.25, 0.3) is 0 Å². The van der Waals surface area contributed by atoms with Crippen LogP contribution in [0.4, 0.5) is 0 Å². The summed E-state index contributed by atoms with van der Waals surface area (Å²) in [5.41, 5.74) is 0. The second-order valence-electron chi connectivity index (χ2n) is 4.33. The SMILES string of the molecule is Cl.Cl.O=C(CCN1CCNCC1)N1CCOCC1. The Labute approximate surface area is 121 Å². The number of carbonyl (C=O) groups excluding carboxylic acids is 1. The normalized spacial score (nSPS) is 20.8. The van der Waals surface area contributed by atoms with Crippen molar-refractivity contribution in [1.29, 1.82) is 0 Å². The number of rotatable bonds is 3. The number of morpholine rings is 1. The molecular formula is C11H23Cl2N3O2. The standard InChI is InChI=1S/C11H21N3O2.2ClH/c15-11(14-7-9-16-10-8-14)1-4-13-5-2-12-3-6-13;;/h12H,1-10H2;2*1H. The zero-order valence-electron chi connectivity index (χ0n) is 10.6. The first-order valence-electron chi connectivity index (χ1n) is 6.15. The van der Waals surface area contributed by atoms with Crippen LogP contribution in [0.3, 0.4) is 0 Å². The lowest BCUT2D eigenvalue weighted by atomic mass is 10.3. The van der Waals surface area contributed by atoms with Gasteiger partial charge in [-0.2, -0.15) is 0 Å². The molecule has 0 saturated carbocycles. The van der Waals surface area contributed by atoms with Crippen molar-refractivity contribution in [3.8, 4) is 0 Å². The molecule has 2 saturated heterocycles. The summed E-state index contributed by atoms with van der Waals surface area (Å²) in [7, 11) is 0. The number of halogens is 2. The fourth-order valence-electron chi connectivity index (χ4n) is 2.16. The van der Waals surface area contributed by atoms with Crippen molar-refractivity contribution in [1.82, 2.24) is 15.1 Å². The van der Waals surface area contributed by atoms with E-state index in [4.69, 9.17) is 4.74 Å². The number of hydrogen-bond acceptors (Lipinski definition) is 4. The van der Waals surface area contributed by atoms with E-state index < -0.39 is 0 Å². The molecule has 0 spiro atoms. The van der Waals surface area contributed by atoms with E-state index in [0.717, 1.165) is 45.8 Å². The molecule has 1 N–H and O–H groups in total.